The molecule has 1 heterocycles. The molecule has 0 saturated heterocycles. The maximum absolute atomic E-state index is 11.4. The summed E-state index contributed by atoms with van der Waals surface area (Å²) in [5.41, 5.74) is 0.758. The average molecular weight is 283 g/mol. The second-order valence-corrected chi connectivity index (χ2v) is 5.62. The number of rotatable bonds is 5. The third-order valence-electron chi connectivity index (χ3n) is 2.59. The number of hydrogen-bond acceptors (Lipinski definition) is 5. The van der Waals surface area contributed by atoms with Crippen LogP contribution in [0.5, 0.6) is 0 Å². The lowest BCUT2D eigenvalue weighted by atomic mass is 10.1. The lowest BCUT2D eigenvalue weighted by Gasteiger charge is -2.06. The lowest BCUT2D eigenvalue weighted by Crippen LogP contribution is -2.22. The molecule has 0 atom stereocenters. The molecule has 102 valence electrons. The van der Waals surface area contributed by atoms with Gasteiger partial charge in [0.2, 0.25) is 0 Å². The molecule has 1 aromatic carbocycles. The Morgan fingerprint density at radius 1 is 1.26 bits per heavy atom. The van der Waals surface area contributed by atoms with Gasteiger partial charge in [0.1, 0.15) is 5.58 Å². The highest BCUT2D eigenvalue weighted by molar-refractivity contribution is 7.85. The van der Waals surface area contributed by atoms with Crippen LogP contribution in [0.1, 0.15) is 5.56 Å². The standard InChI is InChI=1S/C12H13NO5S/c14-12-7-9(8-13-5-6-19(15,16)17)10-3-1-2-4-11(10)18-12/h1-4,7,13H,5-6,8H2,(H,15,16,17). The Balaban J connectivity index is 2.14. The van der Waals surface area contributed by atoms with E-state index >= 15 is 0 Å². The molecule has 0 fully saturated rings. The molecule has 6 nitrogen and oxygen atoms in total. The molecular weight excluding hydrogens is 270 g/mol. The smallest absolute Gasteiger partial charge is 0.336 e. The summed E-state index contributed by atoms with van der Waals surface area (Å²) in [6.07, 6.45) is 0. The maximum Gasteiger partial charge on any atom is 0.336 e. The molecule has 2 aromatic rings. The van der Waals surface area contributed by atoms with Crippen LogP contribution in [0.3, 0.4) is 0 Å². The van der Waals surface area contributed by atoms with Crippen LogP contribution in [0.4, 0.5) is 0 Å². The zero-order chi connectivity index (χ0) is 13.9. The van der Waals surface area contributed by atoms with E-state index in [1.165, 1.54) is 6.07 Å². The SMILES string of the molecule is O=c1cc(CNCCS(=O)(=O)O)c2ccccc2o1. The largest absolute Gasteiger partial charge is 0.423 e. The molecule has 0 spiro atoms. The first-order valence-electron chi connectivity index (χ1n) is 5.63. The molecule has 0 aliphatic rings. The first kappa shape index (κ1) is 13.7. The third kappa shape index (κ3) is 3.88. The number of nitrogens with one attached hydrogen (secondary N) is 1. The molecule has 0 bridgehead atoms. The number of benzene rings is 1. The van der Waals surface area contributed by atoms with Crippen molar-refractivity contribution in [2.24, 2.45) is 0 Å². The van der Waals surface area contributed by atoms with E-state index in [4.69, 9.17) is 8.97 Å². The number of para-hydroxylation sites is 1. The molecule has 0 aliphatic heterocycles. The predicted molar refractivity (Wildman–Crippen MR) is 70.6 cm³/mol. The Bertz CT molecular complexity index is 735. The van der Waals surface area contributed by atoms with E-state index in [0.717, 1.165) is 10.9 Å². The highest BCUT2D eigenvalue weighted by Crippen LogP contribution is 2.15. The van der Waals surface area contributed by atoms with Gasteiger partial charge in [0.05, 0.1) is 5.75 Å². The van der Waals surface area contributed by atoms with Crippen LogP contribution in [0, 0.1) is 0 Å². The van der Waals surface area contributed by atoms with Gasteiger partial charge in [-0.15, -0.1) is 0 Å². The molecule has 1 aromatic heterocycles. The van der Waals surface area contributed by atoms with E-state index in [2.05, 4.69) is 5.32 Å². The van der Waals surface area contributed by atoms with Crippen molar-refractivity contribution in [1.82, 2.24) is 5.32 Å². The topological polar surface area (TPSA) is 96.6 Å². The summed E-state index contributed by atoms with van der Waals surface area (Å²) >= 11 is 0. The van der Waals surface area contributed by atoms with Gasteiger partial charge in [-0.05, 0) is 11.6 Å². The van der Waals surface area contributed by atoms with Crippen LogP contribution in [-0.4, -0.2) is 25.3 Å². The van der Waals surface area contributed by atoms with E-state index in [1.54, 1.807) is 12.1 Å². The molecular formula is C12H13NO5S. The number of fused-ring (bicyclic) bond motifs is 1. The monoisotopic (exact) mass is 283 g/mol. The summed E-state index contributed by atoms with van der Waals surface area (Å²) in [6, 6.07) is 8.46. The Kier molecular flexibility index (Phi) is 3.98. The summed E-state index contributed by atoms with van der Waals surface area (Å²) in [6.45, 7) is 0.426. The molecule has 19 heavy (non-hydrogen) atoms. The zero-order valence-corrected chi connectivity index (χ0v) is 10.8. The first-order valence-corrected chi connectivity index (χ1v) is 7.24. The van der Waals surface area contributed by atoms with Crippen molar-refractivity contribution in [3.63, 3.8) is 0 Å². The highest BCUT2D eigenvalue weighted by atomic mass is 32.2. The Morgan fingerprint density at radius 2 is 2.00 bits per heavy atom. The summed E-state index contributed by atoms with van der Waals surface area (Å²) in [5, 5.41) is 3.65. The normalized spacial score (nSPS) is 11.8. The van der Waals surface area contributed by atoms with E-state index in [-0.39, 0.29) is 12.3 Å². The minimum absolute atomic E-state index is 0.105. The van der Waals surface area contributed by atoms with Crippen molar-refractivity contribution in [2.45, 2.75) is 6.54 Å². The van der Waals surface area contributed by atoms with Crippen LogP contribution >= 0.6 is 0 Å². The maximum atomic E-state index is 11.4. The van der Waals surface area contributed by atoms with Crippen LogP contribution < -0.4 is 10.9 Å². The summed E-state index contributed by atoms with van der Waals surface area (Å²) in [4.78, 5) is 11.4. The second-order valence-electron chi connectivity index (χ2n) is 4.05. The number of hydrogen-bond donors (Lipinski definition) is 2. The molecule has 7 heteroatoms. The van der Waals surface area contributed by atoms with Gasteiger partial charge in [-0.2, -0.15) is 8.42 Å². The predicted octanol–water partition coefficient (Wildman–Crippen LogP) is 0.770. The van der Waals surface area contributed by atoms with Crippen LogP contribution in [-0.2, 0) is 16.7 Å². The van der Waals surface area contributed by atoms with E-state index in [9.17, 15) is 13.2 Å². The third-order valence-corrected chi connectivity index (χ3v) is 3.31. The lowest BCUT2D eigenvalue weighted by molar-refractivity contribution is 0.480. The first-order chi connectivity index (χ1) is 8.96. The zero-order valence-electron chi connectivity index (χ0n) is 10.00. The van der Waals surface area contributed by atoms with Crippen LogP contribution in [0.15, 0.2) is 39.5 Å². The second kappa shape index (κ2) is 5.52. The van der Waals surface area contributed by atoms with Crippen molar-refractivity contribution < 1.29 is 17.4 Å². The average Bonchev–Trinajstić information content (AvgIpc) is 2.33. The van der Waals surface area contributed by atoms with Gasteiger partial charge in [0, 0.05) is 24.5 Å². The minimum atomic E-state index is -3.97. The highest BCUT2D eigenvalue weighted by Gasteiger charge is 2.06. The van der Waals surface area contributed by atoms with Crippen molar-refractivity contribution in [2.75, 3.05) is 12.3 Å². The van der Waals surface area contributed by atoms with Crippen LogP contribution in [0.25, 0.3) is 11.0 Å². The van der Waals surface area contributed by atoms with E-state index in [0.29, 0.717) is 12.1 Å². The van der Waals surface area contributed by atoms with Crippen LogP contribution in [0.2, 0.25) is 0 Å². The molecule has 0 amide bonds. The fraction of sp³-hybridized carbons (Fsp3) is 0.250. The molecule has 0 saturated carbocycles. The molecule has 0 radical (unpaired) electrons. The summed E-state index contributed by atoms with van der Waals surface area (Å²) in [5.74, 6) is -0.369. The Labute approximate surface area is 109 Å². The summed E-state index contributed by atoms with van der Waals surface area (Å²) < 4.78 is 34.8. The van der Waals surface area contributed by atoms with Crippen molar-refractivity contribution in [3.05, 3.63) is 46.3 Å². The van der Waals surface area contributed by atoms with E-state index < -0.39 is 15.7 Å². The Hall–Kier alpha value is -1.70. The molecule has 2 rings (SSSR count). The van der Waals surface area contributed by atoms with E-state index in [1.807, 2.05) is 12.1 Å². The van der Waals surface area contributed by atoms with Gasteiger partial charge < -0.3 is 9.73 Å². The minimum Gasteiger partial charge on any atom is -0.423 e. The molecule has 0 unspecified atom stereocenters. The fourth-order valence-corrected chi connectivity index (χ4v) is 2.15. The van der Waals surface area contributed by atoms with Crippen molar-refractivity contribution in [3.8, 4) is 0 Å². The van der Waals surface area contributed by atoms with Crippen molar-refractivity contribution >= 4 is 21.1 Å². The van der Waals surface area contributed by atoms with Gasteiger partial charge in [0.15, 0.2) is 0 Å². The van der Waals surface area contributed by atoms with Gasteiger partial charge in [0.25, 0.3) is 10.1 Å². The summed E-state index contributed by atoms with van der Waals surface area (Å²) in [7, 11) is -3.97. The fourth-order valence-electron chi connectivity index (χ4n) is 1.75. The van der Waals surface area contributed by atoms with Gasteiger partial charge in [-0.3, -0.25) is 4.55 Å². The quantitative estimate of drug-likeness (QED) is 0.478. The van der Waals surface area contributed by atoms with Gasteiger partial charge >= 0.3 is 5.63 Å². The van der Waals surface area contributed by atoms with Gasteiger partial charge in [-0.25, -0.2) is 4.79 Å². The Morgan fingerprint density at radius 3 is 2.74 bits per heavy atom. The molecule has 0 aliphatic carbocycles. The molecule has 2 N–H and O–H groups in total. The van der Waals surface area contributed by atoms with Crippen molar-refractivity contribution in [1.29, 1.82) is 0 Å². The van der Waals surface area contributed by atoms with Gasteiger partial charge in [-0.1, -0.05) is 18.2 Å².